The maximum absolute atomic E-state index is 13.1. The Morgan fingerprint density at radius 3 is 3.04 bits per heavy atom. The number of hydrogen-bond acceptors (Lipinski definition) is 5. The second-order valence-corrected chi connectivity index (χ2v) is 7.54. The average molecular weight is 377 g/mol. The minimum Gasteiger partial charge on any atom is -0.497 e. The molecule has 3 aromatic rings. The monoisotopic (exact) mass is 377 g/mol. The Bertz CT molecular complexity index is 1030. The predicted molar refractivity (Wildman–Crippen MR) is 107 cm³/mol. The predicted octanol–water partition coefficient (Wildman–Crippen LogP) is 3.04. The van der Waals surface area contributed by atoms with Crippen molar-refractivity contribution in [3.63, 3.8) is 0 Å². The van der Waals surface area contributed by atoms with E-state index < -0.39 is 0 Å². The molecule has 6 heteroatoms. The summed E-state index contributed by atoms with van der Waals surface area (Å²) in [6.07, 6.45) is 2.23. The van der Waals surface area contributed by atoms with Gasteiger partial charge in [-0.2, -0.15) is 0 Å². The zero-order valence-corrected chi connectivity index (χ0v) is 15.9. The SMILES string of the molecule is COc1ccc2onc(CC(=O)N3CCCN4c5ccccc5C[C@@H]4C3)c2c1. The first-order valence-corrected chi connectivity index (χ1v) is 9.77. The number of methoxy groups -OCH3 is 1. The Labute approximate surface area is 163 Å². The van der Waals surface area contributed by atoms with E-state index in [2.05, 4.69) is 34.3 Å². The van der Waals surface area contributed by atoms with E-state index in [-0.39, 0.29) is 12.3 Å². The van der Waals surface area contributed by atoms with Gasteiger partial charge in [0.05, 0.1) is 19.6 Å². The van der Waals surface area contributed by atoms with Crippen molar-refractivity contribution in [2.45, 2.75) is 25.3 Å². The van der Waals surface area contributed by atoms with E-state index in [1.165, 1.54) is 11.3 Å². The lowest BCUT2D eigenvalue weighted by atomic mass is 10.1. The third-order valence-corrected chi connectivity index (χ3v) is 5.88. The van der Waals surface area contributed by atoms with E-state index in [1.807, 2.05) is 23.1 Å². The number of nitrogens with zero attached hydrogens (tertiary/aromatic N) is 3. The first kappa shape index (κ1) is 17.1. The second-order valence-electron chi connectivity index (χ2n) is 7.54. The molecule has 3 heterocycles. The maximum Gasteiger partial charge on any atom is 0.228 e. The van der Waals surface area contributed by atoms with Crippen molar-refractivity contribution in [1.82, 2.24) is 10.1 Å². The number of carbonyl (C=O) groups excluding carboxylic acids is 1. The van der Waals surface area contributed by atoms with Crippen molar-refractivity contribution in [3.8, 4) is 5.75 Å². The van der Waals surface area contributed by atoms with Gasteiger partial charge in [-0.3, -0.25) is 4.79 Å². The summed E-state index contributed by atoms with van der Waals surface area (Å²) in [7, 11) is 1.63. The first-order valence-electron chi connectivity index (χ1n) is 9.77. The highest BCUT2D eigenvalue weighted by molar-refractivity contribution is 5.87. The minimum absolute atomic E-state index is 0.107. The van der Waals surface area contributed by atoms with Crippen molar-refractivity contribution >= 4 is 22.6 Å². The van der Waals surface area contributed by atoms with Crippen LogP contribution in [0.2, 0.25) is 0 Å². The van der Waals surface area contributed by atoms with Crippen LogP contribution in [0.3, 0.4) is 0 Å². The summed E-state index contributed by atoms with van der Waals surface area (Å²) in [5.41, 5.74) is 4.07. The molecule has 28 heavy (non-hydrogen) atoms. The molecule has 1 fully saturated rings. The van der Waals surface area contributed by atoms with Gasteiger partial charge in [0.15, 0.2) is 5.58 Å². The summed E-state index contributed by atoms with van der Waals surface area (Å²) in [5, 5.41) is 4.98. The van der Waals surface area contributed by atoms with Crippen molar-refractivity contribution in [3.05, 3.63) is 53.7 Å². The van der Waals surface area contributed by atoms with Crippen LogP contribution < -0.4 is 9.64 Å². The lowest BCUT2D eigenvalue weighted by molar-refractivity contribution is -0.130. The Kier molecular flexibility index (Phi) is 4.19. The number of hydrogen-bond donors (Lipinski definition) is 0. The van der Waals surface area contributed by atoms with E-state index in [1.54, 1.807) is 7.11 Å². The summed E-state index contributed by atoms with van der Waals surface area (Å²) < 4.78 is 10.7. The number of aromatic nitrogens is 1. The summed E-state index contributed by atoms with van der Waals surface area (Å²) in [5.74, 6) is 0.842. The Morgan fingerprint density at radius 2 is 2.14 bits per heavy atom. The molecule has 0 N–H and O–H groups in total. The number of amides is 1. The largest absolute Gasteiger partial charge is 0.497 e. The van der Waals surface area contributed by atoms with E-state index in [9.17, 15) is 4.79 Å². The van der Waals surface area contributed by atoms with Crippen LogP contribution in [0.4, 0.5) is 5.69 Å². The third kappa shape index (κ3) is 2.89. The van der Waals surface area contributed by atoms with Gasteiger partial charge in [0.1, 0.15) is 11.4 Å². The van der Waals surface area contributed by atoms with Gasteiger partial charge >= 0.3 is 0 Å². The summed E-state index contributed by atoms with van der Waals surface area (Å²) >= 11 is 0. The van der Waals surface area contributed by atoms with Crippen LogP contribution in [-0.2, 0) is 17.6 Å². The molecule has 1 saturated heterocycles. The summed E-state index contributed by atoms with van der Waals surface area (Å²) in [4.78, 5) is 17.5. The molecule has 144 valence electrons. The molecule has 0 spiro atoms. The molecular weight excluding hydrogens is 354 g/mol. The molecule has 0 radical (unpaired) electrons. The Morgan fingerprint density at radius 1 is 1.25 bits per heavy atom. The van der Waals surface area contributed by atoms with Crippen molar-refractivity contribution < 1.29 is 14.1 Å². The topological polar surface area (TPSA) is 58.8 Å². The third-order valence-electron chi connectivity index (χ3n) is 5.88. The highest BCUT2D eigenvalue weighted by atomic mass is 16.5. The molecule has 2 aromatic carbocycles. The van der Waals surface area contributed by atoms with Crippen LogP contribution >= 0.6 is 0 Å². The summed E-state index contributed by atoms with van der Waals surface area (Å²) in [6.45, 7) is 2.54. The standard InChI is InChI=1S/C22H23N3O3/c1-27-17-7-8-21-18(12-17)19(23-28-21)13-22(26)24-9-4-10-25-16(14-24)11-15-5-2-3-6-20(15)25/h2-3,5-8,12,16H,4,9-11,13-14H2,1H3/t16-/m1/s1. The van der Waals surface area contributed by atoms with Gasteiger partial charge < -0.3 is 19.1 Å². The molecule has 5 rings (SSSR count). The highest BCUT2D eigenvalue weighted by Crippen LogP contribution is 2.34. The fraction of sp³-hybridized carbons (Fsp3) is 0.364. The van der Waals surface area contributed by atoms with Gasteiger partial charge in [0, 0.05) is 30.7 Å². The Balaban J connectivity index is 1.34. The first-order chi connectivity index (χ1) is 13.7. The molecule has 0 bridgehead atoms. The van der Waals surface area contributed by atoms with Crippen molar-refractivity contribution in [2.24, 2.45) is 0 Å². The molecule has 1 atom stereocenters. The second kappa shape index (κ2) is 6.86. The van der Waals surface area contributed by atoms with E-state index >= 15 is 0 Å². The lowest BCUT2D eigenvalue weighted by Gasteiger charge is -2.27. The zero-order valence-electron chi connectivity index (χ0n) is 15.9. The lowest BCUT2D eigenvalue weighted by Crippen LogP contribution is -2.42. The zero-order chi connectivity index (χ0) is 19.1. The molecule has 2 aliphatic heterocycles. The quantitative estimate of drug-likeness (QED) is 0.702. The number of ether oxygens (including phenoxy) is 1. The van der Waals surface area contributed by atoms with Gasteiger partial charge in [0.25, 0.3) is 0 Å². The van der Waals surface area contributed by atoms with Crippen LogP contribution in [0.25, 0.3) is 11.0 Å². The molecule has 0 saturated carbocycles. The van der Waals surface area contributed by atoms with Gasteiger partial charge in [0.2, 0.25) is 5.91 Å². The Hall–Kier alpha value is -3.02. The summed E-state index contributed by atoms with van der Waals surface area (Å²) in [6, 6.07) is 14.5. The molecular formula is C22H23N3O3. The molecule has 1 aromatic heterocycles. The van der Waals surface area contributed by atoms with Crippen LogP contribution in [0, 0.1) is 0 Å². The van der Waals surface area contributed by atoms with Crippen LogP contribution in [-0.4, -0.2) is 48.7 Å². The number of para-hydroxylation sites is 1. The number of anilines is 1. The van der Waals surface area contributed by atoms with Gasteiger partial charge in [-0.1, -0.05) is 23.4 Å². The number of fused-ring (bicyclic) bond motifs is 4. The van der Waals surface area contributed by atoms with Crippen LogP contribution in [0.15, 0.2) is 47.0 Å². The molecule has 2 aliphatic rings. The van der Waals surface area contributed by atoms with Crippen LogP contribution in [0.5, 0.6) is 5.75 Å². The normalized spacial score (nSPS) is 18.7. The minimum atomic E-state index is 0.107. The molecule has 0 aliphatic carbocycles. The van der Waals surface area contributed by atoms with E-state index in [4.69, 9.17) is 9.26 Å². The smallest absolute Gasteiger partial charge is 0.228 e. The van der Waals surface area contributed by atoms with Gasteiger partial charge in [-0.05, 0) is 42.7 Å². The van der Waals surface area contributed by atoms with Gasteiger partial charge in [-0.15, -0.1) is 0 Å². The average Bonchev–Trinajstić information content (AvgIpc) is 3.20. The fourth-order valence-electron chi connectivity index (χ4n) is 4.47. The molecule has 0 unspecified atom stereocenters. The van der Waals surface area contributed by atoms with Crippen molar-refractivity contribution in [1.29, 1.82) is 0 Å². The number of benzene rings is 2. The van der Waals surface area contributed by atoms with Crippen molar-refractivity contribution in [2.75, 3.05) is 31.6 Å². The highest BCUT2D eigenvalue weighted by Gasteiger charge is 2.33. The number of carbonyl (C=O) groups is 1. The molecule has 1 amide bonds. The number of rotatable bonds is 3. The van der Waals surface area contributed by atoms with E-state index in [0.717, 1.165) is 43.6 Å². The molecule has 6 nitrogen and oxygen atoms in total. The van der Waals surface area contributed by atoms with Gasteiger partial charge in [-0.25, -0.2) is 0 Å². The fourth-order valence-corrected chi connectivity index (χ4v) is 4.47. The van der Waals surface area contributed by atoms with E-state index in [0.29, 0.717) is 17.3 Å². The van der Waals surface area contributed by atoms with Crippen LogP contribution in [0.1, 0.15) is 17.7 Å². The maximum atomic E-state index is 13.1.